The monoisotopic (exact) mass is 234 g/mol. The largest absolute Gasteiger partial charge is 0.306 e. The molecule has 3 rings (SSSR count). The van der Waals surface area contributed by atoms with E-state index < -0.39 is 0 Å². The summed E-state index contributed by atoms with van der Waals surface area (Å²) in [5.41, 5.74) is 4.95. The molecule has 3 aromatic rings. The summed E-state index contributed by atoms with van der Waals surface area (Å²) in [6, 6.07) is 16.8. The molecule has 2 nitrogen and oxygen atoms in total. The summed E-state index contributed by atoms with van der Waals surface area (Å²) in [5, 5.41) is 0. The second kappa shape index (κ2) is 4.49. The molecule has 0 radical (unpaired) electrons. The van der Waals surface area contributed by atoms with Crippen molar-refractivity contribution in [2.75, 3.05) is 0 Å². The molecule has 0 fully saturated rings. The first-order valence-electron chi connectivity index (χ1n) is 5.99. The Hall–Kier alpha value is -2.35. The van der Waals surface area contributed by atoms with Gasteiger partial charge in [-0.2, -0.15) is 0 Å². The molecule has 0 N–H and O–H groups in total. The van der Waals surface area contributed by atoms with Crippen molar-refractivity contribution in [3.05, 3.63) is 72.8 Å². The van der Waals surface area contributed by atoms with Gasteiger partial charge >= 0.3 is 0 Å². The number of benzene rings is 2. The Bertz CT molecular complexity index is 640. The van der Waals surface area contributed by atoms with Crippen LogP contribution in [0.2, 0.25) is 0 Å². The lowest BCUT2D eigenvalue weighted by Gasteiger charge is -2.12. The summed E-state index contributed by atoms with van der Waals surface area (Å²) < 4.78 is 2.04. The molecular formula is C16H14N2. The van der Waals surface area contributed by atoms with E-state index in [0.29, 0.717) is 0 Å². The number of imidazole rings is 1. The Morgan fingerprint density at radius 3 is 2.50 bits per heavy atom. The molecule has 2 heteroatoms. The smallest absolute Gasteiger partial charge is 0.0991 e. The van der Waals surface area contributed by atoms with Crippen LogP contribution in [0, 0.1) is 6.92 Å². The summed E-state index contributed by atoms with van der Waals surface area (Å²) in [7, 11) is 0. The normalized spacial score (nSPS) is 10.5. The third-order valence-electron chi connectivity index (χ3n) is 3.17. The zero-order chi connectivity index (χ0) is 12.4. The molecule has 0 unspecified atom stereocenters. The van der Waals surface area contributed by atoms with Crippen molar-refractivity contribution in [3.8, 4) is 16.8 Å². The second-order valence-corrected chi connectivity index (χ2v) is 4.29. The van der Waals surface area contributed by atoms with E-state index >= 15 is 0 Å². The Morgan fingerprint density at radius 2 is 1.78 bits per heavy atom. The van der Waals surface area contributed by atoms with E-state index in [1.54, 1.807) is 6.20 Å². The van der Waals surface area contributed by atoms with E-state index in [1.165, 1.54) is 22.4 Å². The van der Waals surface area contributed by atoms with E-state index in [2.05, 4.69) is 54.4 Å². The lowest BCUT2D eigenvalue weighted by atomic mass is 9.99. The van der Waals surface area contributed by atoms with Crippen molar-refractivity contribution in [1.29, 1.82) is 0 Å². The molecule has 0 aliphatic rings. The van der Waals surface area contributed by atoms with Gasteiger partial charge in [-0.05, 0) is 29.7 Å². The van der Waals surface area contributed by atoms with Crippen LogP contribution in [0.15, 0.2) is 67.3 Å². The van der Waals surface area contributed by atoms with Gasteiger partial charge in [-0.3, -0.25) is 0 Å². The van der Waals surface area contributed by atoms with Crippen LogP contribution in [0.5, 0.6) is 0 Å². The third kappa shape index (κ3) is 1.82. The Balaban J connectivity index is 2.16. The molecule has 1 aromatic heterocycles. The maximum absolute atomic E-state index is 4.11. The van der Waals surface area contributed by atoms with Crippen LogP contribution < -0.4 is 0 Å². The van der Waals surface area contributed by atoms with E-state index in [0.717, 1.165) is 0 Å². The van der Waals surface area contributed by atoms with Crippen LogP contribution in [0.4, 0.5) is 0 Å². The van der Waals surface area contributed by atoms with Gasteiger partial charge < -0.3 is 4.57 Å². The van der Waals surface area contributed by atoms with Gasteiger partial charge in [-0.15, -0.1) is 0 Å². The van der Waals surface area contributed by atoms with Gasteiger partial charge in [-0.25, -0.2) is 4.98 Å². The van der Waals surface area contributed by atoms with Gasteiger partial charge in [0.15, 0.2) is 0 Å². The fraction of sp³-hybridized carbons (Fsp3) is 0.0625. The van der Waals surface area contributed by atoms with E-state index in [4.69, 9.17) is 0 Å². The average molecular weight is 234 g/mol. The molecule has 0 amide bonds. The zero-order valence-corrected chi connectivity index (χ0v) is 10.2. The SMILES string of the molecule is Cc1c(-c2ccccc2)cccc1-n1ccnc1. The molecule has 0 saturated heterocycles. The molecule has 18 heavy (non-hydrogen) atoms. The van der Waals surface area contributed by atoms with Crippen molar-refractivity contribution < 1.29 is 0 Å². The second-order valence-electron chi connectivity index (χ2n) is 4.29. The molecular weight excluding hydrogens is 220 g/mol. The summed E-state index contributed by atoms with van der Waals surface area (Å²) in [6.07, 6.45) is 5.60. The van der Waals surface area contributed by atoms with Crippen molar-refractivity contribution in [2.24, 2.45) is 0 Å². The van der Waals surface area contributed by atoms with E-state index in [1.807, 2.05) is 23.2 Å². The number of aromatic nitrogens is 2. The molecule has 1 heterocycles. The minimum atomic E-state index is 1.17. The number of rotatable bonds is 2. The standard InChI is InChI=1S/C16H14N2/c1-13-15(14-6-3-2-4-7-14)8-5-9-16(13)18-11-10-17-12-18/h2-12H,1H3. The van der Waals surface area contributed by atoms with Gasteiger partial charge in [0.2, 0.25) is 0 Å². The highest BCUT2D eigenvalue weighted by Crippen LogP contribution is 2.27. The molecule has 0 aliphatic heterocycles. The van der Waals surface area contributed by atoms with Gasteiger partial charge in [0, 0.05) is 18.1 Å². The molecule has 2 aromatic carbocycles. The van der Waals surface area contributed by atoms with Crippen LogP contribution in [-0.2, 0) is 0 Å². The minimum absolute atomic E-state index is 1.17. The minimum Gasteiger partial charge on any atom is -0.306 e. The first-order valence-corrected chi connectivity index (χ1v) is 5.99. The Morgan fingerprint density at radius 1 is 0.944 bits per heavy atom. The van der Waals surface area contributed by atoms with Crippen LogP contribution in [0.1, 0.15) is 5.56 Å². The van der Waals surface area contributed by atoms with Crippen LogP contribution in [-0.4, -0.2) is 9.55 Å². The number of nitrogens with zero attached hydrogens (tertiary/aromatic N) is 2. The number of hydrogen-bond acceptors (Lipinski definition) is 1. The maximum atomic E-state index is 4.11. The van der Waals surface area contributed by atoms with Crippen LogP contribution in [0.25, 0.3) is 16.8 Å². The molecule has 0 bridgehead atoms. The molecule has 0 saturated carbocycles. The van der Waals surface area contributed by atoms with Crippen LogP contribution >= 0.6 is 0 Å². The van der Waals surface area contributed by atoms with Gasteiger partial charge in [-0.1, -0.05) is 42.5 Å². The topological polar surface area (TPSA) is 17.8 Å². The molecule has 0 spiro atoms. The van der Waals surface area contributed by atoms with E-state index in [-0.39, 0.29) is 0 Å². The maximum Gasteiger partial charge on any atom is 0.0991 e. The first kappa shape index (κ1) is 10.8. The Labute approximate surface area is 107 Å². The van der Waals surface area contributed by atoms with Gasteiger partial charge in [0.1, 0.15) is 0 Å². The highest BCUT2D eigenvalue weighted by atomic mass is 15.0. The average Bonchev–Trinajstić information content (AvgIpc) is 2.94. The van der Waals surface area contributed by atoms with Gasteiger partial charge in [0.25, 0.3) is 0 Å². The highest BCUT2D eigenvalue weighted by Gasteiger charge is 2.06. The van der Waals surface area contributed by atoms with Crippen molar-refractivity contribution >= 4 is 0 Å². The van der Waals surface area contributed by atoms with Crippen molar-refractivity contribution in [3.63, 3.8) is 0 Å². The molecule has 88 valence electrons. The summed E-state index contributed by atoms with van der Waals surface area (Å²) in [5.74, 6) is 0. The highest BCUT2D eigenvalue weighted by molar-refractivity contribution is 5.70. The van der Waals surface area contributed by atoms with Crippen molar-refractivity contribution in [2.45, 2.75) is 6.92 Å². The molecule has 0 atom stereocenters. The quantitative estimate of drug-likeness (QED) is 0.658. The fourth-order valence-corrected chi connectivity index (χ4v) is 2.24. The Kier molecular flexibility index (Phi) is 2.69. The summed E-state index contributed by atoms with van der Waals surface area (Å²) >= 11 is 0. The van der Waals surface area contributed by atoms with Crippen molar-refractivity contribution in [1.82, 2.24) is 9.55 Å². The van der Waals surface area contributed by atoms with Crippen LogP contribution in [0.3, 0.4) is 0 Å². The first-order chi connectivity index (χ1) is 8.86. The lowest BCUT2D eigenvalue weighted by Crippen LogP contribution is -1.95. The fourth-order valence-electron chi connectivity index (χ4n) is 2.24. The lowest BCUT2D eigenvalue weighted by molar-refractivity contribution is 1.04. The predicted octanol–water partition coefficient (Wildman–Crippen LogP) is 3.85. The number of hydrogen-bond donors (Lipinski definition) is 0. The van der Waals surface area contributed by atoms with Gasteiger partial charge in [0.05, 0.1) is 6.33 Å². The predicted molar refractivity (Wildman–Crippen MR) is 73.7 cm³/mol. The third-order valence-corrected chi connectivity index (χ3v) is 3.17. The zero-order valence-electron chi connectivity index (χ0n) is 10.2. The van der Waals surface area contributed by atoms with E-state index in [9.17, 15) is 0 Å². The molecule has 0 aliphatic carbocycles. The summed E-state index contributed by atoms with van der Waals surface area (Å²) in [6.45, 7) is 2.15. The summed E-state index contributed by atoms with van der Waals surface area (Å²) in [4.78, 5) is 4.11.